The molecule has 1 aromatic rings. The first-order valence-corrected chi connectivity index (χ1v) is 8.34. The van der Waals surface area contributed by atoms with Gasteiger partial charge in [0.05, 0.1) is 6.61 Å². The lowest BCUT2D eigenvalue weighted by molar-refractivity contribution is 0.0693. The van der Waals surface area contributed by atoms with E-state index < -0.39 is 0 Å². The van der Waals surface area contributed by atoms with Crippen molar-refractivity contribution in [3.05, 3.63) is 17.6 Å². The first-order chi connectivity index (χ1) is 9.36. The van der Waals surface area contributed by atoms with Gasteiger partial charge in [-0.15, -0.1) is 0 Å². The average molecular weight is 279 g/mol. The van der Waals surface area contributed by atoms with Crippen LogP contribution in [0.2, 0.25) is 0 Å². The van der Waals surface area contributed by atoms with E-state index in [-0.39, 0.29) is 6.10 Å². The molecule has 1 aliphatic carbocycles. The second kappa shape index (κ2) is 6.09. The monoisotopic (exact) mass is 279 g/mol. The third kappa shape index (κ3) is 3.39. The van der Waals surface area contributed by atoms with Gasteiger partial charge in [0.2, 0.25) is 0 Å². The van der Waals surface area contributed by atoms with Crippen LogP contribution < -0.4 is 5.32 Å². The molecule has 104 valence electrons. The molecular formula is C14H21N3OS. The summed E-state index contributed by atoms with van der Waals surface area (Å²) in [6, 6.07) is 2.12. The van der Waals surface area contributed by atoms with Gasteiger partial charge in [-0.05, 0) is 19.3 Å². The Labute approximate surface area is 118 Å². The van der Waals surface area contributed by atoms with Gasteiger partial charge in [0.15, 0.2) is 5.82 Å². The van der Waals surface area contributed by atoms with Crippen LogP contribution in [0.15, 0.2) is 6.07 Å². The zero-order valence-corrected chi connectivity index (χ0v) is 12.2. The first kappa shape index (κ1) is 13.2. The molecule has 0 bridgehead atoms. The smallest absolute Gasteiger partial charge is 0.160 e. The van der Waals surface area contributed by atoms with Crippen molar-refractivity contribution in [1.29, 1.82) is 0 Å². The van der Waals surface area contributed by atoms with Crippen LogP contribution in [0, 0.1) is 0 Å². The summed E-state index contributed by atoms with van der Waals surface area (Å²) < 4.78 is 5.80. The number of thioether (sulfide) groups is 1. The number of ether oxygens (including phenoxy) is 1. The van der Waals surface area contributed by atoms with Crippen molar-refractivity contribution in [1.82, 2.24) is 9.97 Å². The lowest BCUT2D eigenvalue weighted by Gasteiger charge is -2.22. The Balaban J connectivity index is 1.81. The lowest BCUT2D eigenvalue weighted by atomic mass is 10.2. The Bertz CT molecular complexity index is 431. The number of rotatable bonds is 5. The molecule has 1 aromatic heterocycles. The van der Waals surface area contributed by atoms with E-state index in [0.717, 1.165) is 42.7 Å². The molecular weight excluding hydrogens is 258 g/mol. The molecule has 1 unspecified atom stereocenters. The van der Waals surface area contributed by atoms with Gasteiger partial charge in [0.25, 0.3) is 0 Å². The Morgan fingerprint density at radius 1 is 1.42 bits per heavy atom. The summed E-state index contributed by atoms with van der Waals surface area (Å²) in [6.07, 6.45) is 3.71. The normalized spacial score (nSPS) is 23.3. The maximum Gasteiger partial charge on any atom is 0.160 e. The van der Waals surface area contributed by atoms with E-state index in [1.165, 1.54) is 18.5 Å². The third-order valence-electron chi connectivity index (χ3n) is 3.42. The summed E-state index contributed by atoms with van der Waals surface area (Å²) in [5, 5.41) is 3.38. The molecule has 2 heterocycles. The van der Waals surface area contributed by atoms with E-state index >= 15 is 0 Å². The van der Waals surface area contributed by atoms with Crippen molar-refractivity contribution >= 4 is 17.6 Å². The van der Waals surface area contributed by atoms with E-state index in [9.17, 15) is 0 Å². The Morgan fingerprint density at radius 2 is 2.32 bits per heavy atom. The molecule has 19 heavy (non-hydrogen) atoms. The third-order valence-corrected chi connectivity index (χ3v) is 4.41. The zero-order valence-electron chi connectivity index (χ0n) is 11.4. The van der Waals surface area contributed by atoms with Crippen LogP contribution in [0.25, 0.3) is 0 Å². The summed E-state index contributed by atoms with van der Waals surface area (Å²) in [4.78, 5) is 9.38. The molecule has 0 amide bonds. The molecule has 1 atom stereocenters. The number of aromatic nitrogens is 2. The fraction of sp³-hybridized carbons (Fsp3) is 0.714. The van der Waals surface area contributed by atoms with E-state index in [2.05, 4.69) is 23.3 Å². The number of nitrogens with zero attached hydrogens (tertiary/aromatic N) is 2. The Hall–Kier alpha value is -0.810. The van der Waals surface area contributed by atoms with Gasteiger partial charge < -0.3 is 10.1 Å². The minimum atomic E-state index is 0.0691. The minimum Gasteiger partial charge on any atom is -0.370 e. The summed E-state index contributed by atoms with van der Waals surface area (Å²) in [5.74, 6) is 4.55. The quantitative estimate of drug-likeness (QED) is 0.898. The predicted octanol–water partition coefficient (Wildman–Crippen LogP) is 2.98. The van der Waals surface area contributed by atoms with Crippen LogP contribution >= 0.6 is 11.8 Å². The van der Waals surface area contributed by atoms with Crippen molar-refractivity contribution in [2.24, 2.45) is 0 Å². The summed E-state index contributed by atoms with van der Waals surface area (Å²) in [7, 11) is 0. The molecule has 1 aliphatic heterocycles. The standard InChI is InChI=1S/C14H21N3OS/c1-2-5-15-13-8-11(10-3-4-10)16-14(17-13)12-9-19-7-6-18-12/h8,10,12H,2-7,9H2,1H3,(H,15,16,17). The summed E-state index contributed by atoms with van der Waals surface area (Å²) >= 11 is 1.93. The highest BCUT2D eigenvalue weighted by Crippen LogP contribution is 2.40. The molecule has 5 heteroatoms. The van der Waals surface area contributed by atoms with Crippen molar-refractivity contribution in [3.8, 4) is 0 Å². The highest BCUT2D eigenvalue weighted by Gasteiger charge is 2.28. The molecule has 2 aliphatic rings. The fourth-order valence-electron chi connectivity index (χ4n) is 2.20. The summed E-state index contributed by atoms with van der Waals surface area (Å²) in [5.41, 5.74) is 1.20. The van der Waals surface area contributed by atoms with Crippen LogP contribution in [0.5, 0.6) is 0 Å². The van der Waals surface area contributed by atoms with Crippen molar-refractivity contribution in [2.75, 3.05) is 30.0 Å². The van der Waals surface area contributed by atoms with Crippen LogP contribution in [0.3, 0.4) is 0 Å². The molecule has 2 fully saturated rings. The van der Waals surface area contributed by atoms with E-state index in [4.69, 9.17) is 9.72 Å². The van der Waals surface area contributed by atoms with Crippen LogP contribution in [0.1, 0.15) is 49.7 Å². The molecule has 1 saturated heterocycles. The maximum absolute atomic E-state index is 5.80. The Kier molecular flexibility index (Phi) is 4.23. The average Bonchev–Trinajstić information content (AvgIpc) is 3.30. The second-order valence-electron chi connectivity index (χ2n) is 5.17. The van der Waals surface area contributed by atoms with Gasteiger partial charge in [-0.25, -0.2) is 9.97 Å². The largest absolute Gasteiger partial charge is 0.370 e. The summed E-state index contributed by atoms with van der Waals surface area (Å²) in [6.45, 7) is 3.93. The highest BCUT2D eigenvalue weighted by atomic mass is 32.2. The first-order valence-electron chi connectivity index (χ1n) is 7.19. The van der Waals surface area contributed by atoms with Gasteiger partial charge in [-0.1, -0.05) is 6.92 Å². The SMILES string of the molecule is CCCNc1cc(C2CC2)nc(C2CSCCO2)n1. The van der Waals surface area contributed by atoms with Gasteiger partial charge in [0, 0.05) is 35.7 Å². The van der Waals surface area contributed by atoms with Crippen molar-refractivity contribution in [2.45, 2.75) is 38.2 Å². The number of hydrogen-bond donors (Lipinski definition) is 1. The highest BCUT2D eigenvalue weighted by molar-refractivity contribution is 7.99. The molecule has 0 aromatic carbocycles. The lowest BCUT2D eigenvalue weighted by Crippen LogP contribution is -2.19. The molecule has 0 radical (unpaired) electrons. The van der Waals surface area contributed by atoms with Crippen LogP contribution in [0.4, 0.5) is 5.82 Å². The number of anilines is 1. The van der Waals surface area contributed by atoms with Crippen LogP contribution in [-0.2, 0) is 4.74 Å². The van der Waals surface area contributed by atoms with Gasteiger partial charge in [-0.2, -0.15) is 11.8 Å². The van der Waals surface area contributed by atoms with Crippen molar-refractivity contribution < 1.29 is 4.74 Å². The van der Waals surface area contributed by atoms with E-state index in [0.29, 0.717) is 5.92 Å². The number of nitrogens with one attached hydrogen (secondary N) is 1. The van der Waals surface area contributed by atoms with Gasteiger partial charge in [-0.3, -0.25) is 0 Å². The topological polar surface area (TPSA) is 47.0 Å². The molecule has 1 N–H and O–H groups in total. The molecule has 1 saturated carbocycles. The molecule has 4 nitrogen and oxygen atoms in total. The number of hydrogen-bond acceptors (Lipinski definition) is 5. The van der Waals surface area contributed by atoms with Crippen LogP contribution in [-0.4, -0.2) is 34.6 Å². The zero-order chi connectivity index (χ0) is 13.1. The van der Waals surface area contributed by atoms with Crippen molar-refractivity contribution in [3.63, 3.8) is 0 Å². The van der Waals surface area contributed by atoms with E-state index in [1.54, 1.807) is 0 Å². The fourth-order valence-corrected chi connectivity index (χ4v) is 3.04. The second-order valence-corrected chi connectivity index (χ2v) is 6.32. The van der Waals surface area contributed by atoms with Gasteiger partial charge >= 0.3 is 0 Å². The Morgan fingerprint density at radius 3 is 3.00 bits per heavy atom. The van der Waals surface area contributed by atoms with E-state index in [1.807, 2.05) is 11.8 Å². The maximum atomic E-state index is 5.80. The van der Waals surface area contributed by atoms with Gasteiger partial charge in [0.1, 0.15) is 11.9 Å². The minimum absolute atomic E-state index is 0.0691. The molecule has 0 spiro atoms. The molecule has 3 rings (SSSR count). The predicted molar refractivity (Wildman–Crippen MR) is 78.8 cm³/mol.